The van der Waals surface area contributed by atoms with Crippen molar-refractivity contribution in [3.8, 4) is 0 Å². The van der Waals surface area contributed by atoms with Gasteiger partial charge in [-0.15, -0.1) is 12.4 Å². The summed E-state index contributed by atoms with van der Waals surface area (Å²) in [6.07, 6.45) is 3.49. The van der Waals surface area contributed by atoms with E-state index in [0.29, 0.717) is 17.8 Å². The van der Waals surface area contributed by atoms with Crippen LogP contribution in [0.5, 0.6) is 0 Å². The average molecular weight is 388 g/mol. The molecule has 1 fully saturated rings. The Morgan fingerprint density at radius 1 is 1.07 bits per heavy atom. The Bertz CT molecular complexity index is 799. The predicted octanol–water partition coefficient (Wildman–Crippen LogP) is 3.56. The van der Waals surface area contributed by atoms with Crippen LogP contribution in [0.3, 0.4) is 0 Å². The zero-order valence-electron chi connectivity index (χ0n) is 15.5. The Labute approximate surface area is 166 Å². The second-order valence-electron chi connectivity index (χ2n) is 7.07. The van der Waals surface area contributed by atoms with Gasteiger partial charge in [0.05, 0.1) is 5.54 Å². The van der Waals surface area contributed by atoms with Gasteiger partial charge in [-0.25, -0.2) is 0 Å². The molecule has 0 radical (unpaired) electrons. The molecule has 4 N–H and O–H groups in total. The number of halogens is 1. The van der Waals surface area contributed by atoms with E-state index in [0.717, 1.165) is 36.8 Å². The molecule has 144 valence electrons. The van der Waals surface area contributed by atoms with Gasteiger partial charge in [0.15, 0.2) is 0 Å². The van der Waals surface area contributed by atoms with Gasteiger partial charge in [0.1, 0.15) is 0 Å². The summed E-state index contributed by atoms with van der Waals surface area (Å²) in [6, 6.07) is 14.9. The summed E-state index contributed by atoms with van der Waals surface area (Å²) in [5.41, 5.74) is 8.78. The van der Waals surface area contributed by atoms with E-state index in [1.165, 1.54) is 0 Å². The molecular weight excluding hydrogens is 362 g/mol. The summed E-state index contributed by atoms with van der Waals surface area (Å²) >= 11 is 0. The quantitative estimate of drug-likeness (QED) is 0.733. The zero-order valence-corrected chi connectivity index (χ0v) is 16.3. The first kappa shape index (κ1) is 20.9. The highest BCUT2D eigenvalue weighted by Crippen LogP contribution is 2.27. The van der Waals surface area contributed by atoms with Gasteiger partial charge in [0, 0.05) is 17.8 Å². The lowest BCUT2D eigenvalue weighted by Crippen LogP contribution is -2.51. The number of nitrogens with one attached hydrogen (secondary N) is 2. The molecule has 0 saturated heterocycles. The largest absolute Gasteiger partial charge is 0.350 e. The van der Waals surface area contributed by atoms with Gasteiger partial charge in [-0.3, -0.25) is 9.59 Å². The van der Waals surface area contributed by atoms with Crippen molar-refractivity contribution in [3.63, 3.8) is 0 Å². The summed E-state index contributed by atoms with van der Waals surface area (Å²) in [7, 11) is 0. The fraction of sp³-hybridized carbons (Fsp3) is 0.333. The van der Waals surface area contributed by atoms with E-state index in [9.17, 15) is 9.59 Å². The van der Waals surface area contributed by atoms with Crippen LogP contribution >= 0.6 is 12.4 Å². The zero-order chi connectivity index (χ0) is 18.6. The molecule has 2 aromatic carbocycles. The standard InChI is InChI=1S/C21H25N3O2.ClH/c1-15-7-9-17(10-8-15)19(25)24-18-6-4-5-16(13-18)14-23-20(26)21(22)11-2-3-12-21;/h4-10,13H,2-3,11-12,14,22H2,1H3,(H,23,26)(H,24,25);1H. The topological polar surface area (TPSA) is 84.2 Å². The van der Waals surface area contributed by atoms with E-state index < -0.39 is 5.54 Å². The van der Waals surface area contributed by atoms with Crippen molar-refractivity contribution >= 4 is 29.9 Å². The van der Waals surface area contributed by atoms with E-state index in [1.807, 2.05) is 43.3 Å². The lowest BCUT2D eigenvalue weighted by molar-refractivity contribution is -0.126. The summed E-state index contributed by atoms with van der Waals surface area (Å²) in [6.45, 7) is 2.38. The highest BCUT2D eigenvalue weighted by atomic mass is 35.5. The van der Waals surface area contributed by atoms with Crippen LogP contribution in [0, 0.1) is 6.92 Å². The van der Waals surface area contributed by atoms with Crippen molar-refractivity contribution in [2.75, 3.05) is 5.32 Å². The summed E-state index contributed by atoms with van der Waals surface area (Å²) < 4.78 is 0. The van der Waals surface area contributed by atoms with Crippen molar-refractivity contribution in [3.05, 3.63) is 65.2 Å². The first-order chi connectivity index (χ1) is 12.5. The Hall–Kier alpha value is -2.37. The number of benzene rings is 2. The fourth-order valence-corrected chi connectivity index (χ4v) is 3.26. The minimum absolute atomic E-state index is 0. The van der Waals surface area contributed by atoms with Crippen LogP contribution in [0.15, 0.2) is 48.5 Å². The fourth-order valence-electron chi connectivity index (χ4n) is 3.26. The van der Waals surface area contributed by atoms with Crippen LogP contribution in [0.1, 0.15) is 47.2 Å². The number of hydrogen-bond acceptors (Lipinski definition) is 3. The number of amides is 2. The van der Waals surface area contributed by atoms with Crippen LogP contribution in [-0.4, -0.2) is 17.4 Å². The maximum Gasteiger partial charge on any atom is 0.255 e. The lowest BCUT2D eigenvalue weighted by Gasteiger charge is -2.22. The number of hydrogen-bond donors (Lipinski definition) is 3. The molecule has 0 bridgehead atoms. The molecule has 6 heteroatoms. The van der Waals surface area contributed by atoms with Gasteiger partial charge in [-0.1, -0.05) is 42.7 Å². The van der Waals surface area contributed by atoms with E-state index in [1.54, 1.807) is 12.1 Å². The van der Waals surface area contributed by atoms with Crippen LogP contribution < -0.4 is 16.4 Å². The summed E-state index contributed by atoms with van der Waals surface area (Å²) in [5.74, 6) is -0.248. The number of carbonyl (C=O) groups is 2. The molecule has 0 heterocycles. The number of aryl methyl sites for hydroxylation is 1. The molecule has 0 unspecified atom stereocenters. The van der Waals surface area contributed by atoms with Gasteiger partial charge >= 0.3 is 0 Å². The van der Waals surface area contributed by atoms with Gasteiger partial charge in [0.2, 0.25) is 5.91 Å². The molecule has 27 heavy (non-hydrogen) atoms. The van der Waals surface area contributed by atoms with Gasteiger partial charge in [0.25, 0.3) is 5.91 Å². The summed E-state index contributed by atoms with van der Waals surface area (Å²) in [4.78, 5) is 24.6. The van der Waals surface area contributed by atoms with E-state index >= 15 is 0 Å². The van der Waals surface area contributed by atoms with Crippen LogP contribution in [0.2, 0.25) is 0 Å². The molecule has 0 aromatic heterocycles. The van der Waals surface area contributed by atoms with E-state index in [4.69, 9.17) is 5.73 Å². The van der Waals surface area contributed by atoms with Crippen molar-refractivity contribution < 1.29 is 9.59 Å². The second-order valence-corrected chi connectivity index (χ2v) is 7.07. The number of carbonyl (C=O) groups excluding carboxylic acids is 2. The minimum Gasteiger partial charge on any atom is -0.350 e. The number of anilines is 1. The van der Waals surface area contributed by atoms with Gasteiger partial charge in [-0.2, -0.15) is 0 Å². The molecule has 2 amide bonds. The summed E-state index contributed by atoms with van der Waals surface area (Å²) in [5, 5.41) is 5.82. The molecule has 3 rings (SSSR count). The van der Waals surface area contributed by atoms with Crippen LogP contribution in [0.25, 0.3) is 0 Å². The smallest absolute Gasteiger partial charge is 0.255 e. The van der Waals surface area contributed by atoms with Gasteiger partial charge < -0.3 is 16.4 Å². The SMILES string of the molecule is Cc1ccc(C(=O)Nc2cccc(CNC(=O)C3(N)CCCC3)c2)cc1.Cl. The minimum atomic E-state index is -0.725. The Morgan fingerprint density at radius 2 is 1.74 bits per heavy atom. The molecule has 1 aliphatic rings. The van der Waals surface area contributed by atoms with Gasteiger partial charge in [-0.05, 0) is 49.6 Å². The van der Waals surface area contributed by atoms with Crippen molar-refractivity contribution in [1.29, 1.82) is 0 Å². The first-order valence-corrected chi connectivity index (χ1v) is 9.00. The monoisotopic (exact) mass is 387 g/mol. The molecule has 5 nitrogen and oxygen atoms in total. The Kier molecular flexibility index (Phi) is 6.99. The molecule has 0 aliphatic heterocycles. The highest BCUT2D eigenvalue weighted by molar-refractivity contribution is 6.04. The normalized spacial score (nSPS) is 14.9. The average Bonchev–Trinajstić information content (AvgIpc) is 3.08. The third-order valence-corrected chi connectivity index (χ3v) is 4.90. The maximum atomic E-state index is 12.3. The Balaban J connectivity index is 0.00000261. The Morgan fingerprint density at radius 3 is 2.41 bits per heavy atom. The van der Waals surface area contributed by atoms with Crippen LogP contribution in [0.4, 0.5) is 5.69 Å². The molecular formula is C21H26ClN3O2. The predicted molar refractivity (Wildman–Crippen MR) is 110 cm³/mol. The molecule has 1 aliphatic carbocycles. The highest BCUT2D eigenvalue weighted by Gasteiger charge is 2.36. The maximum absolute atomic E-state index is 12.3. The molecule has 2 aromatic rings. The number of rotatable bonds is 5. The second kappa shape index (κ2) is 9.02. The van der Waals surface area contributed by atoms with E-state index in [2.05, 4.69) is 10.6 Å². The van der Waals surface area contributed by atoms with E-state index in [-0.39, 0.29) is 24.2 Å². The lowest BCUT2D eigenvalue weighted by atomic mass is 9.98. The molecule has 1 saturated carbocycles. The van der Waals surface area contributed by atoms with Crippen molar-refractivity contribution in [2.24, 2.45) is 5.73 Å². The van der Waals surface area contributed by atoms with Crippen molar-refractivity contribution in [2.45, 2.75) is 44.7 Å². The van der Waals surface area contributed by atoms with Crippen LogP contribution in [-0.2, 0) is 11.3 Å². The molecule has 0 spiro atoms. The first-order valence-electron chi connectivity index (χ1n) is 9.00. The molecule has 0 atom stereocenters. The third kappa shape index (κ3) is 5.31. The third-order valence-electron chi connectivity index (χ3n) is 4.90. The number of nitrogens with two attached hydrogens (primary N) is 1. The van der Waals surface area contributed by atoms with Crippen molar-refractivity contribution in [1.82, 2.24) is 5.32 Å².